The van der Waals surface area contributed by atoms with Gasteiger partial charge in [-0.1, -0.05) is 55.6 Å². The third-order valence-corrected chi connectivity index (χ3v) is 12.2. The van der Waals surface area contributed by atoms with Crippen LogP contribution in [0, 0.1) is 5.82 Å². The minimum atomic E-state index is -2.11. The van der Waals surface area contributed by atoms with Gasteiger partial charge >= 0.3 is 0 Å². The molecule has 0 N–H and O–H groups in total. The van der Waals surface area contributed by atoms with Gasteiger partial charge < -0.3 is 4.90 Å². The molecule has 0 unspecified atom stereocenters. The molecular weight excluding hydrogens is 510 g/mol. The second kappa shape index (κ2) is 8.18. The number of carbonyl (C=O) groups excluding carboxylic acids is 2. The lowest BCUT2D eigenvalue weighted by atomic mass is 10.0. The molecule has 38 heavy (non-hydrogen) atoms. The SMILES string of the molecule is C[Si]1(C)c2ccccc2N(c2ccc(C=C3C(=O)c4cc5ccccc5cc4C3=O)s2)c2ccc(F)cc21. The van der Waals surface area contributed by atoms with Gasteiger partial charge in [0.2, 0.25) is 0 Å². The summed E-state index contributed by atoms with van der Waals surface area (Å²) < 4.78 is 14.4. The summed E-state index contributed by atoms with van der Waals surface area (Å²) in [4.78, 5) is 29.5. The van der Waals surface area contributed by atoms with E-state index in [1.807, 2.05) is 66.7 Å². The molecule has 0 radical (unpaired) electrons. The molecule has 1 aliphatic heterocycles. The number of ketones is 2. The molecule has 0 bridgehead atoms. The van der Waals surface area contributed by atoms with Crippen molar-refractivity contribution in [3.05, 3.63) is 118 Å². The second-order valence-corrected chi connectivity index (χ2v) is 15.7. The maximum Gasteiger partial charge on any atom is 0.197 e. The van der Waals surface area contributed by atoms with Crippen molar-refractivity contribution in [2.24, 2.45) is 0 Å². The number of hydrogen-bond acceptors (Lipinski definition) is 4. The smallest absolute Gasteiger partial charge is 0.197 e. The summed E-state index contributed by atoms with van der Waals surface area (Å²) in [5.41, 5.74) is 3.19. The Kier molecular flexibility index (Phi) is 4.96. The molecule has 0 saturated carbocycles. The average molecular weight is 532 g/mol. The normalized spacial score (nSPS) is 15.4. The minimum absolute atomic E-state index is 0.193. The highest BCUT2D eigenvalue weighted by Gasteiger charge is 2.39. The van der Waals surface area contributed by atoms with Gasteiger partial charge in [-0.3, -0.25) is 9.59 Å². The van der Waals surface area contributed by atoms with E-state index in [1.165, 1.54) is 22.6 Å². The first-order valence-electron chi connectivity index (χ1n) is 12.5. The molecule has 0 fully saturated rings. The van der Waals surface area contributed by atoms with Crippen molar-refractivity contribution in [2.75, 3.05) is 4.90 Å². The number of para-hydroxylation sites is 1. The van der Waals surface area contributed by atoms with Crippen LogP contribution in [0.1, 0.15) is 25.6 Å². The van der Waals surface area contributed by atoms with E-state index >= 15 is 0 Å². The number of benzene rings is 4. The highest BCUT2D eigenvalue weighted by molar-refractivity contribution is 7.17. The van der Waals surface area contributed by atoms with Crippen molar-refractivity contribution >= 4 is 74.6 Å². The fourth-order valence-corrected chi connectivity index (χ4v) is 9.69. The van der Waals surface area contributed by atoms with Crippen LogP contribution in [0.2, 0.25) is 13.1 Å². The number of anilines is 3. The van der Waals surface area contributed by atoms with Gasteiger partial charge in [0, 0.05) is 27.4 Å². The van der Waals surface area contributed by atoms with Crippen molar-refractivity contribution in [2.45, 2.75) is 13.1 Å². The van der Waals surface area contributed by atoms with Crippen LogP contribution in [0.5, 0.6) is 0 Å². The molecule has 5 aromatic rings. The van der Waals surface area contributed by atoms with Crippen molar-refractivity contribution in [1.29, 1.82) is 0 Å². The first-order valence-corrected chi connectivity index (χ1v) is 16.3. The number of rotatable bonds is 2. The molecule has 1 aromatic heterocycles. The standard InChI is InChI=1S/C32H22FNO2SSi/c1-38(2)28-10-6-5-9-26(28)34(27-13-11-21(33)17-29(27)38)30-14-12-22(37-30)18-25-31(35)23-15-19-7-3-4-8-20(19)16-24(23)32(25)36/h3-18H,1-2H3. The van der Waals surface area contributed by atoms with Gasteiger partial charge in [0.25, 0.3) is 0 Å². The number of thiophene rings is 1. The summed E-state index contributed by atoms with van der Waals surface area (Å²) in [5.74, 6) is -0.698. The molecule has 184 valence electrons. The summed E-state index contributed by atoms with van der Waals surface area (Å²) in [6.45, 7) is 4.51. The molecule has 7 rings (SSSR count). The fraction of sp³-hybridized carbons (Fsp3) is 0.0625. The number of nitrogens with zero attached hydrogens (tertiary/aromatic N) is 1. The average Bonchev–Trinajstić information content (AvgIpc) is 3.47. The Balaban J connectivity index is 1.32. The first-order chi connectivity index (χ1) is 18.3. The molecule has 2 heterocycles. The van der Waals surface area contributed by atoms with Gasteiger partial charge in [-0.15, -0.1) is 11.3 Å². The Hall–Kier alpha value is -4.13. The molecule has 0 spiro atoms. The molecule has 2 aliphatic rings. The highest BCUT2D eigenvalue weighted by Crippen LogP contribution is 2.42. The van der Waals surface area contributed by atoms with E-state index in [1.54, 1.807) is 12.1 Å². The molecule has 1 aliphatic carbocycles. The number of Topliss-reactive ketones (excluding diaryl/α,β-unsaturated/α-hetero) is 2. The number of carbonyl (C=O) groups is 2. The van der Waals surface area contributed by atoms with Crippen LogP contribution in [0.25, 0.3) is 16.8 Å². The van der Waals surface area contributed by atoms with Crippen molar-refractivity contribution in [3.8, 4) is 0 Å². The second-order valence-electron chi connectivity index (χ2n) is 10.3. The van der Waals surface area contributed by atoms with Crippen LogP contribution in [-0.4, -0.2) is 19.6 Å². The summed E-state index contributed by atoms with van der Waals surface area (Å²) in [6.07, 6.45) is 1.71. The maximum absolute atomic E-state index is 14.4. The first kappa shape index (κ1) is 23.0. The third-order valence-electron chi connectivity index (χ3n) is 7.68. The van der Waals surface area contributed by atoms with Crippen LogP contribution >= 0.6 is 11.3 Å². The van der Waals surface area contributed by atoms with Gasteiger partial charge in [0.1, 0.15) is 18.9 Å². The van der Waals surface area contributed by atoms with Crippen molar-refractivity contribution < 1.29 is 14.0 Å². The zero-order valence-electron chi connectivity index (χ0n) is 20.8. The third kappa shape index (κ3) is 3.30. The van der Waals surface area contributed by atoms with Crippen LogP contribution in [0.4, 0.5) is 20.8 Å². The Morgan fingerprint density at radius 2 is 1.37 bits per heavy atom. The summed E-state index contributed by atoms with van der Waals surface area (Å²) >= 11 is 1.51. The van der Waals surface area contributed by atoms with E-state index < -0.39 is 8.07 Å². The van der Waals surface area contributed by atoms with Crippen LogP contribution in [0.3, 0.4) is 0 Å². The molecule has 3 nitrogen and oxygen atoms in total. The predicted molar refractivity (Wildman–Crippen MR) is 156 cm³/mol. The zero-order valence-corrected chi connectivity index (χ0v) is 22.6. The van der Waals surface area contributed by atoms with Gasteiger partial charge in [-0.25, -0.2) is 4.39 Å². The quantitative estimate of drug-likeness (QED) is 0.138. The van der Waals surface area contributed by atoms with E-state index in [-0.39, 0.29) is 23.0 Å². The maximum atomic E-state index is 14.4. The fourth-order valence-electron chi connectivity index (χ4n) is 5.74. The van der Waals surface area contributed by atoms with Gasteiger partial charge in [0.05, 0.1) is 5.57 Å². The molecule has 6 heteroatoms. The predicted octanol–water partition coefficient (Wildman–Crippen LogP) is 7.11. The zero-order chi connectivity index (χ0) is 26.2. The lowest BCUT2D eigenvalue weighted by Crippen LogP contribution is -2.58. The van der Waals surface area contributed by atoms with E-state index in [2.05, 4.69) is 30.1 Å². The monoisotopic (exact) mass is 531 g/mol. The van der Waals surface area contributed by atoms with Crippen LogP contribution < -0.4 is 15.3 Å². The van der Waals surface area contributed by atoms with E-state index in [0.29, 0.717) is 11.1 Å². The number of halogens is 1. The largest absolute Gasteiger partial charge is 0.302 e. The molecule has 4 aromatic carbocycles. The lowest BCUT2D eigenvalue weighted by molar-refractivity contribution is 0.0990. The van der Waals surface area contributed by atoms with Crippen LogP contribution in [0.15, 0.2) is 96.6 Å². The summed E-state index contributed by atoms with van der Waals surface area (Å²) in [7, 11) is -2.11. The van der Waals surface area contributed by atoms with E-state index in [9.17, 15) is 14.0 Å². The van der Waals surface area contributed by atoms with Gasteiger partial charge in [0.15, 0.2) is 11.6 Å². The summed E-state index contributed by atoms with van der Waals surface area (Å²) in [5, 5.41) is 5.13. The number of allylic oxidation sites excluding steroid dienone is 1. The number of fused-ring (bicyclic) bond motifs is 4. The Morgan fingerprint density at radius 1 is 0.737 bits per heavy atom. The van der Waals surface area contributed by atoms with Crippen molar-refractivity contribution in [1.82, 2.24) is 0 Å². The summed E-state index contributed by atoms with van der Waals surface area (Å²) in [6, 6.07) is 28.7. The molecule has 0 saturated heterocycles. The van der Waals surface area contributed by atoms with E-state index in [4.69, 9.17) is 0 Å². The van der Waals surface area contributed by atoms with Crippen LogP contribution in [-0.2, 0) is 0 Å². The van der Waals surface area contributed by atoms with Crippen molar-refractivity contribution in [3.63, 3.8) is 0 Å². The Labute approximate surface area is 224 Å². The molecule has 0 amide bonds. The topological polar surface area (TPSA) is 37.4 Å². The Bertz CT molecular complexity index is 1810. The minimum Gasteiger partial charge on any atom is -0.302 e. The van der Waals surface area contributed by atoms with Gasteiger partial charge in [-0.05, 0) is 75.8 Å². The van der Waals surface area contributed by atoms with E-state index in [0.717, 1.165) is 37.2 Å². The molecule has 0 atom stereocenters. The van der Waals surface area contributed by atoms with Gasteiger partial charge in [-0.2, -0.15) is 0 Å². The number of hydrogen-bond donors (Lipinski definition) is 0. The Morgan fingerprint density at radius 3 is 2.08 bits per heavy atom. The highest BCUT2D eigenvalue weighted by atomic mass is 32.1. The molecular formula is C32H22FNO2SSi. The lowest BCUT2D eigenvalue weighted by Gasteiger charge is -2.40.